The van der Waals surface area contributed by atoms with Crippen molar-refractivity contribution in [2.24, 2.45) is 0 Å². The number of piperazine rings is 1. The fourth-order valence-electron chi connectivity index (χ4n) is 2.92. The van der Waals surface area contributed by atoms with Gasteiger partial charge in [0.25, 0.3) is 5.91 Å². The Morgan fingerprint density at radius 3 is 2.26 bits per heavy atom. The quantitative estimate of drug-likeness (QED) is 0.718. The second-order valence-corrected chi connectivity index (χ2v) is 6.92. The van der Waals surface area contributed by atoms with Gasteiger partial charge in [-0.2, -0.15) is 0 Å². The van der Waals surface area contributed by atoms with Crippen molar-refractivity contribution in [3.8, 4) is 0 Å². The van der Waals surface area contributed by atoms with Crippen molar-refractivity contribution in [1.82, 2.24) is 14.7 Å². The Bertz CT molecular complexity index is 513. The van der Waals surface area contributed by atoms with Crippen LogP contribution >= 0.6 is 11.8 Å². The molecular weight excluding hydrogens is 314 g/mol. The molecule has 0 spiro atoms. The summed E-state index contributed by atoms with van der Waals surface area (Å²) in [5.74, 6) is 1.23. The molecule has 2 saturated heterocycles. The van der Waals surface area contributed by atoms with E-state index in [-0.39, 0.29) is 23.8 Å². The van der Waals surface area contributed by atoms with Gasteiger partial charge in [-0.25, -0.2) is 0 Å². The third-order valence-electron chi connectivity index (χ3n) is 4.31. The van der Waals surface area contributed by atoms with Gasteiger partial charge in [-0.1, -0.05) is 13.0 Å². The summed E-state index contributed by atoms with van der Waals surface area (Å²) in [6.45, 7) is 7.59. The van der Waals surface area contributed by atoms with Gasteiger partial charge in [-0.15, -0.1) is 11.8 Å². The Kier molecular flexibility index (Phi) is 6.10. The van der Waals surface area contributed by atoms with Crippen molar-refractivity contribution in [1.29, 1.82) is 0 Å². The van der Waals surface area contributed by atoms with Crippen LogP contribution in [0.5, 0.6) is 0 Å². The van der Waals surface area contributed by atoms with Crippen molar-refractivity contribution >= 4 is 29.5 Å². The topological polar surface area (TPSA) is 60.9 Å². The smallest absolute Gasteiger partial charge is 0.250 e. The molecule has 0 saturated carbocycles. The van der Waals surface area contributed by atoms with E-state index >= 15 is 0 Å². The lowest BCUT2D eigenvalue weighted by molar-refractivity contribution is -0.144. The lowest BCUT2D eigenvalue weighted by Gasteiger charge is -2.36. The molecule has 128 valence electrons. The zero-order chi connectivity index (χ0) is 17.0. The van der Waals surface area contributed by atoms with Crippen molar-refractivity contribution in [3.05, 3.63) is 11.6 Å². The van der Waals surface area contributed by atoms with Crippen LogP contribution in [-0.4, -0.2) is 76.3 Å². The summed E-state index contributed by atoms with van der Waals surface area (Å²) in [4.78, 5) is 41.9. The molecule has 0 aromatic heterocycles. The largest absolute Gasteiger partial charge is 0.339 e. The highest BCUT2D eigenvalue weighted by atomic mass is 32.2. The molecule has 1 atom stereocenters. The van der Waals surface area contributed by atoms with Crippen molar-refractivity contribution < 1.29 is 14.4 Å². The summed E-state index contributed by atoms with van der Waals surface area (Å²) < 4.78 is 0. The molecule has 2 fully saturated rings. The maximum Gasteiger partial charge on any atom is 0.250 e. The van der Waals surface area contributed by atoms with Crippen LogP contribution in [0.4, 0.5) is 0 Å². The Balaban J connectivity index is 2.00. The van der Waals surface area contributed by atoms with E-state index in [0.717, 1.165) is 6.42 Å². The Labute approximate surface area is 141 Å². The fourth-order valence-corrected chi connectivity index (χ4v) is 4.06. The first-order valence-electron chi connectivity index (χ1n) is 8.05. The fraction of sp³-hybridized carbons (Fsp3) is 0.688. The first-order valence-corrected chi connectivity index (χ1v) is 9.21. The van der Waals surface area contributed by atoms with Gasteiger partial charge in [-0.05, 0) is 13.3 Å². The minimum Gasteiger partial charge on any atom is -0.339 e. The summed E-state index contributed by atoms with van der Waals surface area (Å²) in [6, 6.07) is -0.378. The van der Waals surface area contributed by atoms with Crippen LogP contribution in [0.15, 0.2) is 11.6 Å². The van der Waals surface area contributed by atoms with Crippen LogP contribution < -0.4 is 0 Å². The minimum atomic E-state index is -0.378. The molecule has 0 bridgehead atoms. The third kappa shape index (κ3) is 4.07. The van der Waals surface area contributed by atoms with Crippen LogP contribution in [0.1, 0.15) is 27.2 Å². The van der Waals surface area contributed by atoms with E-state index in [1.54, 1.807) is 33.4 Å². The van der Waals surface area contributed by atoms with Gasteiger partial charge in [0.15, 0.2) is 0 Å². The van der Waals surface area contributed by atoms with Gasteiger partial charge in [0.2, 0.25) is 11.8 Å². The number of hydrogen-bond acceptors (Lipinski definition) is 4. The summed E-state index contributed by atoms with van der Waals surface area (Å²) in [5, 5.41) is 0. The second-order valence-electron chi connectivity index (χ2n) is 5.92. The zero-order valence-corrected chi connectivity index (χ0v) is 14.9. The average molecular weight is 339 g/mol. The van der Waals surface area contributed by atoms with E-state index in [0.29, 0.717) is 43.4 Å². The summed E-state index contributed by atoms with van der Waals surface area (Å²) in [6.07, 6.45) is 2.71. The number of amides is 3. The van der Waals surface area contributed by atoms with Crippen LogP contribution in [0.25, 0.3) is 0 Å². The lowest BCUT2D eigenvalue weighted by atomic mass is 10.1. The zero-order valence-electron chi connectivity index (χ0n) is 14.1. The Morgan fingerprint density at radius 2 is 1.70 bits per heavy atom. The molecule has 7 heteroatoms. The molecule has 2 rings (SSSR count). The molecule has 23 heavy (non-hydrogen) atoms. The number of nitrogens with zero attached hydrogens (tertiary/aromatic N) is 3. The third-order valence-corrected chi connectivity index (χ3v) is 5.32. The molecule has 0 radical (unpaired) electrons. The molecule has 2 heterocycles. The SMILES string of the molecule is CC/C=C(\C)C(=O)N1CSCC1C(=O)N1CCN(C(C)=O)CC1. The first-order chi connectivity index (χ1) is 11.0. The molecule has 6 nitrogen and oxygen atoms in total. The van der Waals surface area contributed by atoms with Crippen LogP contribution in [-0.2, 0) is 14.4 Å². The van der Waals surface area contributed by atoms with Gasteiger partial charge >= 0.3 is 0 Å². The number of thioether (sulfide) groups is 1. The van der Waals surface area contributed by atoms with E-state index in [4.69, 9.17) is 0 Å². The van der Waals surface area contributed by atoms with Gasteiger partial charge in [0, 0.05) is 44.4 Å². The van der Waals surface area contributed by atoms with Gasteiger partial charge in [0.05, 0.1) is 5.88 Å². The monoisotopic (exact) mass is 339 g/mol. The second kappa shape index (κ2) is 7.86. The Hall–Kier alpha value is -1.50. The van der Waals surface area contributed by atoms with E-state index in [1.165, 1.54) is 0 Å². The predicted molar refractivity (Wildman–Crippen MR) is 90.8 cm³/mol. The molecule has 0 aromatic rings. The van der Waals surface area contributed by atoms with E-state index in [1.807, 2.05) is 19.9 Å². The van der Waals surface area contributed by atoms with Crippen LogP contribution in [0.2, 0.25) is 0 Å². The summed E-state index contributed by atoms with van der Waals surface area (Å²) >= 11 is 1.62. The average Bonchev–Trinajstić information content (AvgIpc) is 3.03. The number of rotatable bonds is 3. The first kappa shape index (κ1) is 17.8. The standard InChI is InChI=1S/C16H25N3O3S/c1-4-5-12(2)15(21)19-11-23-10-14(19)16(22)18-8-6-17(7-9-18)13(3)20/h5,14H,4,6-11H2,1-3H3/b12-5+. The highest BCUT2D eigenvalue weighted by molar-refractivity contribution is 7.99. The predicted octanol–water partition coefficient (Wildman–Crippen LogP) is 0.935. The molecule has 1 unspecified atom stereocenters. The molecular formula is C16H25N3O3S. The molecule has 0 N–H and O–H groups in total. The van der Waals surface area contributed by atoms with Crippen LogP contribution in [0, 0.1) is 0 Å². The summed E-state index contributed by atoms with van der Waals surface area (Å²) in [7, 11) is 0. The van der Waals surface area contributed by atoms with Crippen molar-refractivity contribution in [3.63, 3.8) is 0 Å². The van der Waals surface area contributed by atoms with Crippen LogP contribution in [0.3, 0.4) is 0 Å². The van der Waals surface area contributed by atoms with E-state index in [9.17, 15) is 14.4 Å². The highest BCUT2D eigenvalue weighted by Crippen LogP contribution is 2.25. The number of allylic oxidation sites excluding steroid dienone is 1. The summed E-state index contributed by atoms with van der Waals surface area (Å²) in [5.41, 5.74) is 0.703. The van der Waals surface area contributed by atoms with Gasteiger partial charge < -0.3 is 14.7 Å². The van der Waals surface area contributed by atoms with Crippen molar-refractivity contribution in [2.45, 2.75) is 33.2 Å². The molecule has 0 aromatic carbocycles. The molecule has 0 aliphatic carbocycles. The van der Waals surface area contributed by atoms with Gasteiger partial charge in [0.1, 0.15) is 6.04 Å². The van der Waals surface area contributed by atoms with Crippen molar-refractivity contribution in [2.75, 3.05) is 37.8 Å². The Morgan fingerprint density at radius 1 is 1.09 bits per heavy atom. The van der Waals surface area contributed by atoms with Gasteiger partial charge in [-0.3, -0.25) is 14.4 Å². The maximum absolute atomic E-state index is 12.8. The molecule has 3 amide bonds. The number of carbonyl (C=O) groups is 3. The minimum absolute atomic E-state index is 0.0100. The molecule has 2 aliphatic heterocycles. The van der Waals surface area contributed by atoms with E-state index in [2.05, 4.69) is 0 Å². The number of carbonyl (C=O) groups excluding carboxylic acids is 3. The lowest BCUT2D eigenvalue weighted by Crippen LogP contribution is -2.55. The van der Waals surface area contributed by atoms with E-state index < -0.39 is 0 Å². The number of hydrogen-bond donors (Lipinski definition) is 0. The molecule has 2 aliphatic rings. The highest BCUT2D eigenvalue weighted by Gasteiger charge is 2.38. The normalized spacial score (nSPS) is 22.5. The maximum atomic E-state index is 12.8.